The first-order valence-electron chi connectivity index (χ1n) is 8.57. The average molecular weight is 312 g/mol. The van der Waals surface area contributed by atoms with Crippen LogP contribution >= 0.6 is 0 Å². The number of allylic oxidation sites excluding steroid dienone is 3. The molecule has 0 amide bonds. The number of hydrogen-bond acceptors (Lipinski definition) is 0. The Morgan fingerprint density at radius 1 is 1.08 bits per heavy atom. The Morgan fingerprint density at radius 2 is 1.96 bits per heavy atom. The maximum Gasteiger partial charge on any atom is 0.243 e. The van der Waals surface area contributed by atoms with Crippen LogP contribution in [0.15, 0.2) is 36.4 Å². The molecule has 118 valence electrons. The molecular weight excluding hydrogens is 292 g/mol. The summed E-state index contributed by atoms with van der Waals surface area (Å²) in [5.74, 6) is 0. The molecule has 5 rings (SSSR count). The minimum Gasteiger partial charge on any atom is -0.323 e. The van der Waals surface area contributed by atoms with Crippen molar-refractivity contribution in [2.24, 2.45) is 7.05 Å². The van der Waals surface area contributed by atoms with Gasteiger partial charge in [0.25, 0.3) is 0 Å². The van der Waals surface area contributed by atoms with E-state index in [1.165, 1.54) is 50.1 Å². The summed E-state index contributed by atoms with van der Waals surface area (Å²) in [6, 6.07) is 9.11. The van der Waals surface area contributed by atoms with E-state index in [1.54, 1.807) is 0 Å². The lowest BCUT2D eigenvalue weighted by Gasteiger charge is -2.25. The van der Waals surface area contributed by atoms with Gasteiger partial charge in [-0.1, -0.05) is 42.5 Å². The van der Waals surface area contributed by atoms with Crippen molar-refractivity contribution in [3.8, 4) is 5.69 Å². The molecule has 2 nitrogen and oxygen atoms in total. The summed E-state index contributed by atoms with van der Waals surface area (Å²) in [5.41, 5.74) is 9.46. The Labute approximate surface area is 142 Å². The largest absolute Gasteiger partial charge is 0.323 e. The Bertz CT molecular complexity index is 1080. The fourth-order valence-corrected chi connectivity index (χ4v) is 4.14. The molecule has 0 N–H and O–H groups in total. The number of rotatable bonds is 1. The second-order valence-electron chi connectivity index (χ2n) is 6.90. The van der Waals surface area contributed by atoms with Crippen molar-refractivity contribution in [1.29, 1.82) is 0 Å². The smallest absolute Gasteiger partial charge is 0.243 e. The molecule has 0 bridgehead atoms. The van der Waals surface area contributed by atoms with E-state index in [0.717, 1.165) is 12.8 Å². The quantitative estimate of drug-likeness (QED) is 0.470. The van der Waals surface area contributed by atoms with Crippen LogP contribution in [-0.2, 0) is 13.5 Å². The van der Waals surface area contributed by atoms with Gasteiger partial charge >= 0.3 is 0 Å². The van der Waals surface area contributed by atoms with Gasteiger partial charge in [0.15, 0.2) is 0 Å². The highest BCUT2D eigenvalue weighted by Gasteiger charge is 2.21. The molecule has 0 saturated carbocycles. The maximum absolute atomic E-state index is 3.45. The zero-order valence-corrected chi connectivity index (χ0v) is 14.4. The monoisotopic (exact) mass is 312 g/mol. The van der Waals surface area contributed by atoms with Gasteiger partial charge in [0.05, 0.1) is 12.7 Å². The van der Waals surface area contributed by atoms with E-state index in [0.29, 0.717) is 0 Å². The summed E-state index contributed by atoms with van der Waals surface area (Å²) in [4.78, 5) is 0. The molecule has 2 aliphatic rings. The normalized spacial score (nSPS) is 15.0. The molecule has 24 heavy (non-hydrogen) atoms. The summed E-state index contributed by atoms with van der Waals surface area (Å²) in [6.45, 7) is 4.32. The summed E-state index contributed by atoms with van der Waals surface area (Å²) < 4.78 is 4.28. The van der Waals surface area contributed by atoms with Gasteiger partial charge in [-0.15, -0.1) is 0 Å². The molecule has 0 radical (unpaired) electrons. The molecule has 2 heteroatoms. The molecule has 2 aromatic carbocycles. The van der Waals surface area contributed by atoms with Gasteiger partial charge in [-0.05, 0) is 59.7 Å². The molecule has 0 saturated heterocycles. The minimum absolute atomic E-state index is 1.04. The van der Waals surface area contributed by atoms with Crippen molar-refractivity contribution in [3.05, 3.63) is 70.8 Å². The Balaban J connectivity index is 1.90. The third-order valence-electron chi connectivity index (χ3n) is 5.65. The van der Waals surface area contributed by atoms with Gasteiger partial charge in [-0.3, -0.25) is 0 Å². The van der Waals surface area contributed by atoms with Crippen LogP contribution in [0.4, 0.5) is 0 Å². The first kappa shape index (κ1) is 13.8. The zero-order valence-electron chi connectivity index (χ0n) is 14.4. The van der Waals surface area contributed by atoms with Crippen LogP contribution in [0.2, 0.25) is 0 Å². The standard InChI is InChI=1S/C22H20N2/c1-14-15(2)24(13-23(14)3)20-12-10-18-8-7-16-5-4-6-17-9-11-19(20)22(18)21(16)17/h4,6-7,9-12H,5,8H2,1-3H3. The van der Waals surface area contributed by atoms with Crippen molar-refractivity contribution < 1.29 is 4.57 Å². The highest BCUT2D eigenvalue weighted by Crippen LogP contribution is 2.41. The van der Waals surface area contributed by atoms with Crippen molar-refractivity contribution in [2.45, 2.75) is 26.7 Å². The molecular formula is C22H20N2. The number of aryl methyl sites for hydroxylation is 1. The molecule has 0 unspecified atom stereocenters. The van der Waals surface area contributed by atoms with Gasteiger partial charge < -0.3 is 9.13 Å². The average Bonchev–Trinajstić information content (AvgIpc) is 2.87. The lowest BCUT2D eigenvalue weighted by molar-refractivity contribution is -0.681. The van der Waals surface area contributed by atoms with Crippen molar-refractivity contribution in [1.82, 2.24) is 4.57 Å². The van der Waals surface area contributed by atoms with Crippen molar-refractivity contribution in [3.63, 3.8) is 0 Å². The summed E-state index contributed by atoms with van der Waals surface area (Å²) >= 11 is 0. The predicted octanol–water partition coefficient (Wildman–Crippen LogP) is 4.23. The second-order valence-corrected chi connectivity index (χ2v) is 6.90. The van der Waals surface area contributed by atoms with Crippen LogP contribution in [0.25, 0.3) is 28.1 Å². The third kappa shape index (κ3) is 1.68. The molecule has 0 aliphatic heterocycles. The topological polar surface area (TPSA) is 8.81 Å². The maximum atomic E-state index is 3.45. The molecule has 1 heterocycles. The number of nitrogens with zero attached hydrogens (tertiary/aromatic N) is 2. The summed E-state index contributed by atoms with van der Waals surface area (Å²) in [7, 11) is 2.06. The van der Waals surface area contributed by atoms with Crippen LogP contribution in [0.5, 0.6) is 0 Å². The Hall–Kier alpha value is -2.61. The van der Waals surface area contributed by atoms with Crippen LogP contribution in [0.1, 0.15) is 34.5 Å². The van der Waals surface area contributed by atoms with Crippen LogP contribution in [-0.4, -0.2) is 4.57 Å². The Kier molecular flexibility index (Phi) is 2.70. The molecule has 0 atom stereocenters. The summed E-state index contributed by atoms with van der Waals surface area (Å²) in [6.07, 6.45) is 12.5. The van der Waals surface area contributed by atoms with Gasteiger partial charge in [-0.25, -0.2) is 0 Å². The van der Waals surface area contributed by atoms with Crippen molar-refractivity contribution >= 4 is 22.4 Å². The highest BCUT2D eigenvalue weighted by molar-refractivity contribution is 6.05. The number of aromatic nitrogens is 2. The summed E-state index contributed by atoms with van der Waals surface area (Å²) in [5, 5.41) is 2.77. The molecule has 1 aromatic heterocycles. The van der Waals surface area contributed by atoms with Crippen LogP contribution < -0.4 is 4.57 Å². The van der Waals surface area contributed by atoms with Crippen LogP contribution in [0.3, 0.4) is 0 Å². The van der Waals surface area contributed by atoms with Gasteiger partial charge in [0.2, 0.25) is 6.33 Å². The number of hydrogen-bond donors (Lipinski definition) is 0. The van der Waals surface area contributed by atoms with E-state index in [2.05, 4.69) is 78.9 Å². The van der Waals surface area contributed by atoms with Crippen molar-refractivity contribution in [2.75, 3.05) is 0 Å². The zero-order chi connectivity index (χ0) is 16.4. The number of benzene rings is 2. The predicted molar refractivity (Wildman–Crippen MR) is 98.1 cm³/mol. The molecule has 0 fully saturated rings. The second kappa shape index (κ2) is 4.70. The Morgan fingerprint density at radius 3 is 2.75 bits per heavy atom. The first-order chi connectivity index (χ1) is 11.6. The van der Waals surface area contributed by atoms with Crippen LogP contribution in [0, 0.1) is 20.2 Å². The van der Waals surface area contributed by atoms with E-state index < -0.39 is 0 Å². The van der Waals surface area contributed by atoms with E-state index in [9.17, 15) is 0 Å². The fourth-order valence-electron chi connectivity index (χ4n) is 4.14. The fraction of sp³-hybridized carbons (Fsp3) is 0.227. The third-order valence-corrected chi connectivity index (χ3v) is 5.65. The van der Waals surface area contributed by atoms with E-state index in [-0.39, 0.29) is 0 Å². The lowest BCUT2D eigenvalue weighted by atomic mass is 9.81. The highest BCUT2D eigenvalue weighted by atomic mass is 15.1. The van der Waals surface area contributed by atoms with Gasteiger partial charge in [-0.2, -0.15) is 0 Å². The minimum atomic E-state index is 1.04. The van der Waals surface area contributed by atoms with E-state index >= 15 is 0 Å². The van der Waals surface area contributed by atoms with E-state index in [1.807, 2.05) is 0 Å². The van der Waals surface area contributed by atoms with Gasteiger partial charge in [0, 0.05) is 11.4 Å². The number of imidazole rings is 1. The first-order valence-corrected chi connectivity index (χ1v) is 8.57. The van der Waals surface area contributed by atoms with E-state index in [4.69, 9.17) is 0 Å². The lowest BCUT2D eigenvalue weighted by Crippen LogP contribution is -2.29. The molecule has 0 spiro atoms. The molecule has 2 aliphatic carbocycles. The SMILES string of the molecule is Cc1c(C)[n+](C)[c-]n1-c1ccc2c3c4c(ccc13)C=CCC4=CC2. The van der Waals surface area contributed by atoms with Gasteiger partial charge in [0.1, 0.15) is 0 Å². The molecule has 3 aromatic rings.